The Labute approximate surface area is 112 Å². The van der Waals surface area contributed by atoms with Crippen LogP contribution in [0.2, 0.25) is 0 Å². The second-order valence-electron chi connectivity index (χ2n) is 4.75. The van der Waals surface area contributed by atoms with E-state index in [4.69, 9.17) is 0 Å². The summed E-state index contributed by atoms with van der Waals surface area (Å²) in [5.74, 6) is -1.53. The summed E-state index contributed by atoms with van der Waals surface area (Å²) in [7, 11) is 0. The van der Waals surface area contributed by atoms with Gasteiger partial charge in [-0.05, 0) is 45.7 Å². The molecule has 2 N–H and O–H groups in total. The molecule has 0 radical (unpaired) electrons. The quantitative estimate of drug-likeness (QED) is 0.646. The molecule has 19 heavy (non-hydrogen) atoms. The molecule has 0 aliphatic heterocycles. The molecule has 4 heteroatoms. The fourth-order valence-corrected chi connectivity index (χ4v) is 1.79. The number of phenols is 2. The molecule has 0 aliphatic rings. The van der Waals surface area contributed by atoms with E-state index in [0.717, 1.165) is 5.57 Å². The molecule has 0 saturated heterocycles. The van der Waals surface area contributed by atoms with Crippen molar-refractivity contribution in [1.82, 2.24) is 0 Å². The van der Waals surface area contributed by atoms with Crippen molar-refractivity contribution in [3.8, 4) is 11.5 Å². The summed E-state index contributed by atoms with van der Waals surface area (Å²) >= 11 is 0. The number of benzene rings is 1. The lowest BCUT2D eigenvalue weighted by atomic mass is 9.96. The maximum absolute atomic E-state index is 11.5. The molecule has 0 saturated carbocycles. The summed E-state index contributed by atoms with van der Waals surface area (Å²) in [5, 5.41) is 19.9. The molecule has 0 atom stereocenters. The molecule has 0 unspecified atom stereocenters. The van der Waals surface area contributed by atoms with Gasteiger partial charge in [-0.25, -0.2) is 0 Å². The molecule has 4 nitrogen and oxygen atoms in total. The molecular weight excluding hydrogens is 244 g/mol. The number of hydrogen-bond acceptors (Lipinski definition) is 4. The number of carbonyl (C=O) groups excluding carboxylic acids is 2. The molecule has 1 aromatic carbocycles. The summed E-state index contributed by atoms with van der Waals surface area (Å²) in [6.45, 7) is 6.37. The lowest BCUT2D eigenvalue weighted by Gasteiger charge is -2.12. The van der Waals surface area contributed by atoms with Gasteiger partial charge in [0.25, 0.3) is 0 Å². The predicted octanol–water partition coefficient (Wildman–Crippen LogP) is 3.01. The first kappa shape index (κ1) is 15.0. The van der Waals surface area contributed by atoms with Crippen molar-refractivity contribution in [3.63, 3.8) is 0 Å². The molecule has 0 spiro atoms. The average molecular weight is 262 g/mol. The van der Waals surface area contributed by atoms with E-state index in [0.29, 0.717) is 12.0 Å². The van der Waals surface area contributed by atoms with Gasteiger partial charge < -0.3 is 10.2 Å². The van der Waals surface area contributed by atoms with E-state index in [-0.39, 0.29) is 22.7 Å². The van der Waals surface area contributed by atoms with Crippen molar-refractivity contribution < 1.29 is 19.8 Å². The third kappa shape index (κ3) is 3.22. The maximum atomic E-state index is 11.5. The van der Waals surface area contributed by atoms with Gasteiger partial charge in [-0.3, -0.25) is 9.59 Å². The van der Waals surface area contributed by atoms with Crippen LogP contribution in [0, 0.1) is 0 Å². The van der Waals surface area contributed by atoms with Crippen LogP contribution >= 0.6 is 0 Å². The molecule has 0 aromatic heterocycles. The standard InChI is InChI=1S/C15H18O4/c1-8(2)5-6-11-7-12(9(3)16)15(19)13(10(4)17)14(11)18/h5,7,18-19H,6H2,1-4H3. The second-order valence-corrected chi connectivity index (χ2v) is 4.75. The first-order valence-corrected chi connectivity index (χ1v) is 5.98. The van der Waals surface area contributed by atoms with E-state index in [9.17, 15) is 19.8 Å². The van der Waals surface area contributed by atoms with E-state index in [1.807, 2.05) is 19.9 Å². The summed E-state index contributed by atoms with van der Waals surface area (Å²) in [6, 6.07) is 1.43. The van der Waals surface area contributed by atoms with Crippen molar-refractivity contribution in [1.29, 1.82) is 0 Å². The molecule has 0 aliphatic carbocycles. The number of rotatable bonds is 4. The van der Waals surface area contributed by atoms with Crippen molar-refractivity contribution in [2.75, 3.05) is 0 Å². The Morgan fingerprint density at radius 1 is 1.05 bits per heavy atom. The molecule has 0 heterocycles. The van der Waals surface area contributed by atoms with Gasteiger partial charge in [0, 0.05) is 0 Å². The van der Waals surface area contributed by atoms with Gasteiger partial charge in [-0.1, -0.05) is 11.6 Å². The Bertz CT molecular complexity index is 564. The van der Waals surface area contributed by atoms with Gasteiger partial charge >= 0.3 is 0 Å². The molecule has 102 valence electrons. The van der Waals surface area contributed by atoms with Crippen LogP contribution in [0.4, 0.5) is 0 Å². The summed E-state index contributed by atoms with van der Waals surface area (Å²) in [5.41, 5.74) is 1.38. The SMILES string of the molecule is CC(=O)c1cc(CC=C(C)C)c(O)c(C(C)=O)c1O. The van der Waals surface area contributed by atoms with E-state index in [1.165, 1.54) is 19.9 Å². The summed E-state index contributed by atoms with van der Waals surface area (Å²) < 4.78 is 0. The minimum absolute atomic E-state index is 0.0557. The molecule has 1 rings (SSSR count). The Balaban J connectivity index is 3.52. The number of allylic oxidation sites excluding steroid dienone is 2. The van der Waals surface area contributed by atoms with E-state index < -0.39 is 11.5 Å². The predicted molar refractivity (Wildman–Crippen MR) is 72.9 cm³/mol. The maximum Gasteiger partial charge on any atom is 0.167 e. The summed E-state index contributed by atoms with van der Waals surface area (Å²) in [6.07, 6.45) is 2.27. The fourth-order valence-electron chi connectivity index (χ4n) is 1.79. The topological polar surface area (TPSA) is 74.6 Å². The minimum Gasteiger partial charge on any atom is -0.507 e. The number of carbonyl (C=O) groups is 2. The molecular formula is C15H18O4. The molecule has 0 fully saturated rings. The molecule has 0 amide bonds. The Kier molecular flexibility index (Phi) is 4.48. The Morgan fingerprint density at radius 2 is 1.63 bits per heavy atom. The Morgan fingerprint density at radius 3 is 2.05 bits per heavy atom. The van der Waals surface area contributed by atoms with Crippen LogP contribution in [0.15, 0.2) is 17.7 Å². The smallest absolute Gasteiger partial charge is 0.167 e. The number of phenolic OH excluding ortho intramolecular Hbond substituents is 2. The zero-order chi connectivity index (χ0) is 14.7. The van der Waals surface area contributed by atoms with Crippen molar-refractivity contribution in [2.24, 2.45) is 0 Å². The zero-order valence-electron chi connectivity index (χ0n) is 11.6. The van der Waals surface area contributed by atoms with Gasteiger partial charge in [0.05, 0.1) is 5.56 Å². The van der Waals surface area contributed by atoms with Crippen molar-refractivity contribution >= 4 is 11.6 Å². The average Bonchev–Trinajstić information content (AvgIpc) is 2.26. The van der Waals surface area contributed by atoms with Crippen LogP contribution in [0.1, 0.15) is 54.0 Å². The number of Topliss-reactive ketones (excluding diaryl/α,β-unsaturated/α-hetero) is 2. The van der Waals surface area contributed by atoms with Gasteiger partial charge in [-0.15, -0.1) is 0 Å². The van der Waals surface area contributed by atoms with Crippen molar-refractivity contribution in [3.05, 3.63) is 34.4 Å². The van der Waals surface area contributed by atoms with Crippen LogP contribution < -0.4 is 0 Å². The highest BCUT2D eigenvalue weighted by Crippen LogP contribution is 2.35. The van der Waals surface area contributed by atoms with Crippen LogP contribution in [0.25, 0.3) is 0 Å². The van der Waals surface area contributed by atoms with E-state index in [2.05, 4.69) is 0 Å². The first-order chi connectivity index (χ1) is 8.75. The second kappa shape index (κ2) is 5.69. The third-order valence-corrected chi connectivity index (χ3v) is 2.81. The zero-order valence-corrected chi connectivity index (χ0v) is 11.6. The van der Waals surface area contributed by atoms with E-state index in [1.54, 1.807) is 0 Å². The molecule has 1 aromatic rings. The first-order valence-electron chi connectivity index (χ1n) is 5.98. The lowest BCUT2D eigenvalue weighted by molar-refractivity contribution is 0.101. The fraction of sp³-hybridized carbons (Fsp3) is 0.333. The van der Waals surface area contributed by atoms with Crippen molar-refractivity contribution in [2.45, 2.75) is 34.1 Å². The highest BCUT2D eigenvalue weighted by Gasteiger charge is 2.21. The van der Waals surface area contributed by atoms with E-state index >= 15 is 0 Å². The van der Waals surface area contributed by atoms with Gasteiger partial charge in [-0.2, -0.15) is 0 Å². The van der Waals surface area contributed by atoms with Gasteiger partial charge in [0.1, 0.15) is 17.1 Å². The number of aromatic hydroxyl groups is 2. The van der Waals surface area contributed by atoms with Crippen LogP contribution in [0.3, 0.4) is 0 Å². The largest absolute Gasteiger partial charge is 0.507 e. The number of hydrogen-bond donors (Lipinski definition) is 2. The van der Waals surface area contributed by atoms with Crippen LogP contribution in [-0.2, 0) is 6.42 Å². The minimum atomic E-state index is -0.475. The van der Waals surface area contributed by atoms with Crippen LogP contribution in [0.5, 0.6) is 11.5 Å². The van der Waals surface area contributed by atoms with Gasteiger partial charge in [0.2, 0.25) is 0 Å². The van der Waals surface area contributed by atoms with Gasteiger partial charge in [0.15, 0.2) is 11.6 Å². The highest BCUT2D eigenvalue weighted by atomic mass is 16.3. The monoisotopic (exact) mass is 262 g/mol. The third-order valence-electron chi connectivity index (χ3n) is 2.81. The lowest BCUT2D eigenvalue weighted by Crippen LogP contribution is -2.03. The molecule has 0 bridgehead atoms. The van der Waals surface area contributed by atoms with Crippen LogP contribution in [-0.4, -0.2) is 21.8 Å². The normalized spacial score (nSPS) is 10.1. The summed E-state index contributed by atoms with van der Waals surface area (Å²) in [4.78, 5) is 23.0. The number of ketones is 2. The highest BCUT2D eigenvalue weighted by molar-refractivity contribution is 6.06. The Hall–Kier alpha value is -2.10.